The summed E-state index contributed by atoms with van der Waals surface area (Å²) in [5.41, 5.74) is 1.68. The first-order chi connectivity index (χ1) is 18.4. The van der Waals surface area contributed by atoms with Gasteiger partial charge in [0.05, 0.1) is 23.2 Å². The average Bonchev–Trinajstić information content (AvgIpc) is 3.32. The van der Waals surface area contributed by atoms with E-state index in [9.17, 15) is 14.0 Å². The number of hydrogen-bond donors (Lipinski definition) is 3. The van der Waals surface area contributed by atoms with Gasteiger partial charge in [-0.25, -0.2) is 4.39 Å². The van der Waals surface area contributed by atoms with Crippen molar-refractivity contribution in [2.45, 2.75) is 9.79 Å². The van der Waals surface area contributed by atoms with Crippen molar-refractivity contribution in [2.75, 3.05) is 17.7 Å². The Morgan fingerprint density at radius 2 is 1.71 bits per heavy atom. The minimum atomic E-state index is -0.785. The van der Waals surface area contributed by atoms with Gasteiger partial charge in [-0.1, -0.05) is 41.6 Å². The van der Waals surface area contributed by atoms with E-state index in [-0.39, 0.29) is 22.3 Å². The van der Waals surface area contributed by atoms with Gasteiger partial charge in [-0.2, -0.15) is 5.10 Å². The maximum Gasteiger partial charge on any atom is 0.259 e. The summed E-state index contributed by atoms with van der Waals surface area (Å²) in [4.78, 5) is 27.1. The molecule has 190 valence electrons. The number of halogens is 2. The van der Waals surface area contributed by atoms with Crippen LogP contribution in [0.3, 0.4) is 0 Å². The van der Waals surface area contributed by atoms with Crippen molar-refractivity contribution in [3.63, 3.8) is 0 Å². The van der Waals surface area contributed by atoms with E-state index in [0.29, 0.717) is 27.9 Å². The third kappa shape index (κ3) is 5.49. The van der Waals surface area contributed by atoms with Crippen molar-refractivity contribution < 1.29 is 18.7 Å². The number of H-pyrrole nitrogens is 1. The SMILES string of the molecule is COc1cccc(C(=O)Nc2cccc(Sc3ccc4c(NC(=O)c5cccc(Cl)c5F)n[nH]c4c3)c2)c1. The Kier molecular flexibility index (Phi) is 7.30. The molecule has 0 aliphatic carbocycles. The Morgan fingerprint density at radius 1 is 0.921 bits per heavy atom. The topological polar surface area (TPSA) is 96.1 Å². The summed E-state index contributed by atoms with van der Waals surface area (Å²) < 4.78 is 19.4. The lowest BCUT2D eigenvalue weighted by atomic mass is 10.2. The smallest absolute Gasteiger partial charge is 0.259 e. The molecule has 4 aromatic carbocycles. The number of methoxy groups -OCH3 is 1. The van der Waals surface area contributed by atoms with E-state index < -0.39 is 11.7 Å². The van der Waals surface area contributed by atoms with Gasteiger partial charge < -0.3 is 15.4 Å². The lowest BCUT2D eigenvalue weighted by Crippen LogP contribution is -2.14. The van der Waals surface area contributed by atoms with Gasteiger partial charge in [-0.05, 0) is 66.7 Å². The van der Waals surface area contributed by atoms with Crippen LogP contribution in [0.25, 0.3) is 10.9 Å². The molecule has 0 aliphatic rings. The van der Waals surface area contributed by atoms with E-state index in [1.807, 2.05) is 42.5 Å². The zero-order valence-electron chi connectivity index (χ0n) is 19.9. The molecule has 0 atom stereocenters. The zero-order valence-corrected chi connectivity index (χ0v) is 21.5. The van der Waals surface area contributed by atoms with Crippen LogP contribution in [0.5, 0.6) is 5.75 Å². The summed E-state index contributed by atoms with van der Waals surface area (Å²) in [7, 11) is 1.55. The van der Waals surface area contributed by atoms with Crippen LogP contribution in [0.2, 0.25) is 5.02 Å². The van der Waals surface area contributed by atoms with E-state index in [2.05, 4.69) is 20.8 Å². The van der Waals surface area contributed by atoms with E-state index >= 15 is 0 Å². The Balaban J connectivity index is 1.29. The fraction of sp³-hybridized carbons (Fsp3) is 0.0357. The van der Waals surface area contributed by atoms with Crippen LogP contribution in [0.4, 0.5) is 15.9 Å². The van der Waals surface area contributed by atoms with E-state index in [0.717, 1.165) is 9.79 Å². The lowest BCUT2D eigenvalue weighted by molar-refractivity contribution is 0.101. The predicted octanol–water partition coefficient (Wildman–Crippen LogP) is 7.02. The molecule has 5 aromatic rings. The average molecular weight is 547 g/mol. The van der Waals surface area contributed by atoms with Crippen LogP contribution in [0, 0.1) is 5.82 Å². The summed E-state index contributed by atoms with van der Waals surface area (Å²) in [6, 6.07) is 24.3. The molecule has 38 heavy (non-hydrogen) atoms. The molecule has 1 heterocycles. The van der Waals surface area contributed by atoms with Gasteiger partial charge in [0.2, 0.25) is 0 Å². The summed E-state index contributed by atoms with van der Waals surface area (Å²) in [6.45, 7) is 0. The number of carbonyl (C=O) groups excluding carboxylic acids is 2. The summed E-state index contributed by atoms with van der Waals surface area (Å²) in [6.07, 6.45) is 0. The number of amides is 2. The maximum atomic E-state index is 14.2. The molecular formula is C28H20ClFN4O3S. The third-order valence-corrected chi connectivity index (χ3v) is 6.89. The fourth-order valence-electron chi connectivity index (χ4n) is 3.75. The molecule has 1 aromatic heterocycles. The van der Waals surface area contributed by atoms with Crippen LogP contribution in [-0.4, -0.2) is 29.1 Å². The molecule has 10 heteroatoms. The van der Waals surface area contributed by atoms with Gasteiger partial charge in [0.15, 0.2) is 11.6 Å². The van der Waals surface area contributed by atoms with Gasteiger partial charge in [0.25, 0.3) is 11.8 Å². The highest BCUT2D eigenvalue weighted by molar-refractivity contribution is 7.99. The second-order valence-electron chi connectivity index (χ2n) is 8.15. The molecule has 2 amide bonds. The second kappa shape index (κ2) is 11.0. The number of nitrogens with zero attached hydrogens (tertiary/aromatic N) is 1. The number of fused-ring (bicyclic) bond motifs is 1. The van der Waals surface area contributed by atoms with Crippen molar-refractivity contribution in [3.05, 3.63) is 107 Å². The molecule has 0 unspecified atom stereocenters. The van der Waals surface area contributed by atoms with E-state index in [1.54, 1.807) is 31.4 Å². The Hall–Kier alpha value is -4.34. The van der Waals surface area contributed by atoms with Crippen LogP contribution in [0.1, 0.15) is 20.7 Å². The molecule has 0 spiro atoms. The van der Waals surface area contributed by atoms with Gasteiger partial charge in [-0.3, -0.25) is 14.7 Å². The Morgan fingerprint density at radius 3 is 2.55 bits per heavy atom. The number of ether oxygens (including phenoxy) is 1. The molecule has 0 saturated carbocycles. The monoisotopic (exact) mass is 546 g/mol. The predicted molar refractivity (Wildman–Crippen MR) is 147 cm³/mol. The van der Waals surface area contributed by atoms with Crippen molar-refractivity contribution >= 4 is 57.6 Å². The number of aromatic amines is 1. The van der Waals surface area contributed by atoms with E-state index in [4.69, 9.17) is 16.3 Å². The zero-order chi connectivity index (χ0) is 26.6. The minimum Gasteiger partial charge on any atom is -0.497 e. The maximum absolute atomic E-state index is 14.2. The normalized spacial score (nSPS) is 10.8. The molecule has 0 saturated heterocycles. The molecule has 0 bridgehead atoms. The number of benzene rings is 4. The molecule has 5 rings (SSSR count). The van der Waals surface area contributed by atoms with E-state index in [1.165, 1.54) is 30.0 Å². The molecular weight excluding hydrogens is 527 g/mol. The molecule has 0 fully saturated rings. The quantitative estimate of drug-likeness (QED) is 0.204. The first kappa shape index (κ1) is 25.3. The van der Waals surface area contributed by atoms with Crippen LogP contribution in [-0.2, 0) is 0 Å². The Labute approximate surface area is 226 Å². The second-order valence-corrected chi connectivity index (χ2v) is 9.71. The number of hydrogen-bond acceptors (Lipinski definition) is 5. The molecule has 7 nitrogen and oxygen atoms in total. The van der Waals surface area contributed by atoms with Crippen LogP contribution in [0.15, 0.2) is 94.7 Å². The number of anilines is 2. The van der Waals surface area contributed by atoms with Crippen molar-refractivity contribution in [1.82, 2.24) is 10.2 Å². The van der Waals surface area contributed by atoms with Crippen molar-refractivity contribution in [3.8, 4) is 5.75 Å². The molecule has 3 N–H and O–H groups in total. The number of nitrogens with one attached hydrogen (secondary N) is 3. The summed E-state index contributed by atoms with van der Waals surface area (Å²) in [5, 5.41) is 13.1. The number of carbonyl (C=O) groups is 2. The van der Waals surface area contributed by atoms with Crippen LogP contribution < -0.4 is 15.4 Å². The van der Waals surface area contributed by atoms with Crippen molar-refractivity contribution in [2.24, 2.45) is 0 Å². The van der Waals surface area contributed by atoms with Crippen molar-refractivity contribution in [1.29, 1.82) is 0 Å². The first-order valence-corrected chi connectivity index (χ1v) is 12.6. The first-order valence-electron chi connectivity index (χ1n) is 11.4. The van der Waals surface area contributed by atoms with Gasteiger partial charge in [0.1, 0.15) is 5.75 Å². The number of rotatable bonds is 7. The Bertz CT molecular complexity index is 1670. The molecule has 0 aliphatic heterocycles. The summed E-state index contributed by atoms with van der Waals surface area (Å²) in [5.74, 6) is -0.785. The largest absolute Gasteiger partial charge is 0.497 e. The van der Waals surface area contributed by atoms with Gasteiger partial charge in [0, 0.05) is 26.4 Å². The highest BCUT2D eigenvalue weighted by Crippen LogP contribution is 2.33. The van der Waals surface area contributed by atoms with Gasteiger partial charge in [-0.15, -0.1) is 0 Å². The third-order valence-electron chi connectivity index (χ3n) is 5.62. The lowest BCUT2D eigenvalue weighted by Gasteiger charge is -2.09. The highest BCUT2D eigenvalue weighted by Gasteiger charge is 2.17. The fourth-order valence-corrected chi connectivity index (χ4v) is 4.84. The number of aromatic nitrogens is 2. The molecule has 0 radical (unpaired) electrons. The standard InChI is InChI=1S/C28H20ClFN4O3S/c1-37-18-7-2-5-16(13-18)27(35)31-17-6-3-8-19(14-17)38-20-11-12-21-24(15-20)33-34-26(21)32-28(36)22-9-4-10-23(29)25(22)30/h2-15H,1H3,(H,31,35)(H2,32,33,34,36). The highest BCUT2D eigenvalue weighted by atomic mass is 35.5. The summed E-state index contributed by atoms with van der Waals surface area (Å²) >= 11 is 7.29. The van der Waals surface area contributed by atoms with Gasteiger partial charge >= 0.3 is 0 Å². The van der Waals surface area contributed by atoms with Crippen LogP contribution >= 0.6 is 23.4 Å². The minimum absolute atomic E-state index is 0.130.